The molecule has 2 aromatic heterocycles. The molecule has 2 heterocycles. The Bertz CT molecular complexity index is 1680. The second-order valence-electron chi connectivity index (χ2n) is 10.2. The summed E-state index contributed by atoms with van der Waals surface area (Å²) < 4.78 is 70.9. The molecule has 0 radical (unpaired) electrons. The third-order valence-corrected chi connectivity index (χ3v) is 9.07. The van der Waals surface area contributed by atoms with Crippen LogP contribution in [0.5, 0.6) is 0 Å². The highest BCUT2D eigenvalue weighted by atomic mass is 35.5. The summed E-state index contributed by atoms with van der Waals surface area (Å²) in [5.74, 6) is -0.665. The molecule has 0 aliphatic heterocycles. The maximum absolute atomic E-state index is 15.0. The first-order valence-corrected chi connectivity index (χ1v) is 14.8. The number of benzene rings is 2. The monoisotopic (exact) mass is 604 g/mol. The Hall–Kier alpha value is -3.48. The van der Waals surface area contributed by atoms with E-state index < -0.39 is 22.3 Å². The summed E-state index contributed by atoms with van der Waals surface area (Å²) in [6, 6.07) is 11.2. The third kappa shape index (κ3) is 6.39. The molecule has 41 heavy (non-hydrogen) atoms. The zero-order valence-electron chi connectivity index (χ0n) is 22.3. The molecule has 0 spiro atoms. The maximum atomic E-state index is 15.0. The molecule has 0 atom stereocenters. The van der Waals surface area contributed by atoms with Crippen molar-refractivity contribution < 1.29 is 21.6 Å². The molecule has 0 bridgehead atoms. The predicted molar refractivity (Wildman–Crippen MR) is 153 cm³/mol. The Morgan fingerprint density at radius 2 is 1.76 bits per heavy atom. The molecule has 2 aromatic carbocycles. The number of halogens is 4. The summed E-state index contributed by atoms with van der Waals surface area (Å²) in [5.41, 5.74) is -0.320. The minimum Gasteiger partial charge on any atom is -0.351 e. The van der Waals surface area contributed by atoms with Gasteiger partial charge < -0.3 is 10.2 Å². The van der Waals surface area contributed by atoms with Crippen LogP contribution in [0.2, 0.25) is 5.02 Å². The molecule has 4 aromatic rings. The van der Waals surface area contributed by atoms with Gasteiger partial charge in [0.1, 0.15) is 21.7 Å². The van der Waals surface area contributed by atoms with Gasteiger partial charge in [0, 0.05) is 23.2 Å². The topological polar surface area (TPSA) is 100 Å². The van der Waals surface area contributed by atoms with Crippen molar-refractivity contribution in [2.24, 2.45) is 0 Å². The molecular weight excluding hydrogens is 577 g/mol. The second kappa shape index (κ2) is 11.8. The Morgan fingerprint density at radius 3 is 2.41 bits per heavy atom. The van der Waals surface area contributed by atoms with Crippen LogP contribution in [0.1, 0.15) is 37.7 Å². The zero-order chi connectivity index (χ0) is 29.3. The van der Waals surface area contributed by atoms with Crippen molar-refractivity contribution in [1.82, 2.24) is 19.9 Å². The lowest BCUT2D eigenvalue weighted by molar-refractivity contribution is 0.153. The number of alkyl halides is 2. The number of rotatable bonds is 8. The summed E-state index contributed by atoms with van der Waals surface area (Å²) >= 11 is 5.98. The molecule has 1 saturated carbocycles. The van der Waals surface area contributed by atoms with Crippen LogP contribution in [0.15, 0.2) is 59.6 Å². The van der Waals surface area contributed by atoms with Crippen LogP contribution in [0.3, 0.4) is 0 Å². The predicted octanol–water partition coefficient (Wildman–Crippen LogP) is 6.51. The lowest BCUT2D eigenvalue weighted by Crippen LogP contribution is -2.36. The Kier molecular flexibility index (Phi) is 8.35. The number of hydrogen-bond acceptors (Lipinski definition) is 7. The first-order chi connectivity index (χ1) is 19.5. The first-order valence-electron chi connectivity index (χ1n) is 13.0. The van der Waals surface area contributed by atoms with E-state index >= 15 is 4.39 Å². The number of anilines is 2. The van der Waals surface area contributed by atoms with Crippen molar-refractivity contribution in [2.75, 3.05) is 24.1 Å². The zero-order valence-corrected chi connectivity index (χ0v) is 23.9. The highest BCUT2D eigenvalue weighted by Gasteiger charge is 2.24. The van der Waals surface area contributed by atoms with Gasteiger partial charge in [-0.15, -0.1) is 0 Å². The molecule has 1 fully saturated rings. The molecular formula is C28H28ClF3N6O2S. The lowest BCUT2D eigenvalue weighted by Gasteiger charge is -2.32. The van der Waals surface area contributed by atoms with E-state index in [-0.39, 0.29) is 55.4 Å². The van der Waals surface area contributed by atoms with Crippen LogP contribution in [0.4, 0.5) is 24.8 Å². The van der Waals surface area contributed by atoms with E-state index in [9.17, 15) is 17.2 Å². The van der Waals surface area contributed by atoms with E-state index in [4.69, 9.17) is 11.6 Å². The fourth-order valence-electron chi connectivity index (χ4n) is 4.97. The average molecular weight is 605 g/mol. The van der Waals surface area contributed by atoms with Crippen molar-refractivity contribution in [1.29, 1.82) is 0 Å². The third-order valence-electron chi connectivity index (χ3n) is 7.21. The highest BCUT2D eigenvalue weighted by Crippen LogP contribution is 2.33. The fourth-order valence-corrected chi connectivity index (χ4v) is 6.56. The normalized spacial score (nSPS) is 17.8. The van der Waals surface area contributed by atoms with Crippen LogP contribution in [0, 0.1) is 5.82 Å². The van der Waals surface area contributed by atoms with E-state index in [1.54, 1.807) is 6.07 Å². The lowest BCUT2D eigenvalue weighted by atomic mass is 9.91. The van der Waals surface area contributed by atoms with Gasteiger partial charge in [-0.3, -0.25) is 4.72 Å². The molecule has 1 aliphatic rings. The Labute approximate surface area is 241 Å². The summed E-state index contributed by atoms with van der Waals surface area (Å²) in [4.78, 5) is 15.0. The smallest absolute Gasteiger partial charge is 0.266 e. The number of hydrogen-bond donors (Lipinski definition) is 2. The van der Waals surface area contributed by atoms with Gasteiger partial charge in [0.05, 0.1) is 22.6 Å². The molecule has 8 nitrogen and oxygen atoms in total. The fraction of sp³-hybridized carbons (Fsp3) is 0.321. The van der Waals surface area contributed by atoms with Gasteiger partial charge in [-0.2, -0.15) is 0 Å². The van der Waals surface area contributed by atoms with Gasteiger partial charge >= 0.3 is 0 Å². The van der Waals surface area contributed by atoms with Crippen molar-refractivity contribution in [3.8, 4) is 11.3 Å². The van der Waals surface area contributed by atoms with E-state index in [1.165, 1.54) is 36.5 Å². The van der Waals surface area contributed by atoms with Crippen LogP contribution < -0.4 is 10.0 Å². The molecule has 1 aliphatic carbocycles. The van der Waals surface area contributed by atoms with Crippen LogP contribution in [-0.2, 0) is 10.0 Å². The standard InChI is InChI=1S/C28H28ClF3N6O2S/c1-38(2)18-10-8-17(9-11-18)34-28-33-15-24-26(36-28)19(27(31)32)14-23(35-24)16-7-12-22(21(30)13-16)37-41(39,40)25-6-4-3-5-20(25)29/h3-7,12-15,17-18,27,37H,8-11H2,1-2H3,(H,33,34,36)/t17-,18-. The van der Waals surface area contributed by atoms with Crippen molar-refractivity contribution in [3.05, 3.63) is 71.1 Å². The minimum absolute atomic E-state index is 0.00724. The molecule has 0 amide bonds. The average Bonchev–Trinajstić information content (AvgIpc) is 2.94. The number of nitrogens with one attached hydrogen (secondary N) is 2. The Balaban J connectivity index is 1.40. The van der Waals surface area contributed by atoms with Gasteiger partial charge in [0.25, 0.3) is 16.4 Å². The largest absolute Gasteiger partial charge is 0.351 e. The van der Waals surface area contributed by atoms with Gasteiger partial charge in [-0.25, -0.2) is 36.5 Å². The summed E-state index contributed by atoms with van der Waals surface area (Å²) in [6.45, 7) is 0. The first kappa shape index (κ1) is 29.0. The van der Waals surface area contributed by atoms with Crippen LogP contribution in [0.25, 0.3) is 22.3 Å². The molecule has 0 saturated heterocycles. The van der Waals surface area contributed by atoms with Crippen molar-refractivity contribution >= 4 is 44.3 Å². The number of nitrogens with zero attached hydrogens (tertiary/aromatic N) is 4. The number of aromatic nitrogens is 3. The minimum atomic E-state index is -4.17. The second-order valence-corrected chi connectivity index (χ2v) is 12.2. The van der Waals surface area contributed by atoms with Crippen molar-refractivity contribution in [2.45, 2.75) is 49.1 Å². The van der Waals surface area contributed by atoms with Gasteiger partial charge in [0.2, 0.25) is 5.95 Å². The highest BCUT2D eigenvalue weighted by molar-refractivity contribution is 7.92. The molecule has 0 unspecified atom stereocenters. The van der Waals surface area contributed by atoms with Gasteiger partial charge in [-0.05, 0) is 70.1 Å². The number of fused-ring (bicyclic) bond motifs is 1. The molecule has 216 valence electrons. The van der Waals surface area contributed by atoms with Gasteiger partial charge in [-0.1, -0.05) is 29.8 Å². The molecule has 5 rings (SSSR count). The van der Waals surface area contributed by atoms with E-state index in [0.717, 1.165) is 37.8 Å². The Morgan fingerprint density at radius 1 is 1.02 bits per heavy atom. The van der Waals surface area contributed by atoms with Crippen LogP contribution in [-0.4, -0.2) is 54.4 Å². The summed E-state index contributed by atoms with van der Waals surface area (Å²) in [7, 11) is -0.0538. The molecule has 2 N–H and O–H groups in total. The van der Waals surface area contributed by atoms with E-state index in [2.05, 4.69) is 44.0 Å². The van der Waals surface area contributed by atoms with Gasteiger partial charge in [0.15, 0.2) is 0 Å². The quantitative estimate of drug-likeness (QED) is 0.237. The van der Waals surface area contributed by atoms with Crippen LogP contribution >= 0.6 is 11.6 Å². The van der Waals surface area contributed by atoms with E-state index in [0.29, 0.717) is 6.04 Å². The SMILES string of the molecule is CN(C)[C@H]1CC[C@H](Nc2ncc3nc(-c4ccc(NS(=O)(=O)c5ccccc5Cl)c(F)c4)cc(C(F)F)c3n2)CC1. The summed E-state index contributed by atoms with van der Waals surface area (Å²) in [6.07, 6.45) is 2.36. The number of pyridine rings is 1. The summed E-state index contributed by atoms with van der Waals surface area (Å²) in [5, 5.41) is 3.25. The maximum Gasteiger partial charge on any atom is 0.266 e. The van der Waals surface area contributed by atoms with E-state index in [1.807, 2.05) is 0 Å². The number of sulfonamides is 1. The molecule has 13 heteroatoms. The van der Waals surface area contributed by atoms with Crippen molar-refractivity contribution in [3.63, 3.8) is 0 Å².